The smallest absolute Gasteiger partial charge is 0.115 e. The Labute approximate surface area is 116 Å². The van der Waals surface area contributed by atoms with Crippen LogP contribution in [0.3, 0.4) is 0 Å². The average molecular weight is 263 g/mol. The van der Waals surface area contributed by atoms with Crippen molar-refractivity contribution in [3.05, 3.63) is 24.3 Å². The maximum Gasteiger partial charge on any atom is 0.115 e. The molecule has 2 N–H and O–H groups in total. The first-order valence-electron chi connectivity index (χ1n) is 7.06. The van der Waals surface area contributed by atoms with E-state index in [1.54, 1.807) is 12.1 Å². The Bertz CT molecular complexity index is 411. The number of benzene rings is 1. The Morgan fingerprint density at radius 1 is 1.32 bits per heavy atom. The molecule has 1 aromatic carbocycles. The normalized spacial score (nSPS) is 25.1. The molecule has 1 aliphatic carbocycles. The summed E-state index contributed by atoms with van der Waals surface area (Å²) >= 11 is 0. The van der Waals surface area contributed by atoms with Crippen LogP contribution in [0.4, 0.5) is 5.69 Å². The van der Waals surface area contributed by atoms with Crippen LogP contribution in [0, 0.1) is 11.3 Å². The summed E-state index contributed by atoms with van der Waals surface area (Å²) in [6.07, 6.45) is 1.38. The van der Waals surface area contributed by atoms with Gasteiger partial charge >= 0.3 is 0 Å². The van der Waals surface area contributed by atoms with Crippen molar-refractivity contribution in [3.63, 3.8) is 0 Å². The van der Waals surface area contributed by atoms with Crippen molar-refractivity contribution in [1.82, 2.24) is 0 Å². The molecule has 1 aliphatic rings. The fourth-order valence-electron chi connectivity index (χ4n) is 2.48. The highest BCUT2D eigenvalue weighted by Gasteiger charge is 2.49. The number of ether oxygens (including phenoxy) is 1. The summed E-state index contributed by atoms with van der Waals surface area (Å²) in [6.45, 7) is 9.69. The van der Waals surface area contributed by atoms with Crippen molar-refractivity contribution in [2.24, 2.45) is 11.3 Å². The molecule has 0 heterocycles. The minimum atomic E-state index is 0.146. The van der Waals surface area contributed by atoms with E-state index in [0.717, 1.165) is 18.7 Å². The summed E-state index contributed by atoms with van der Waals surface area (Å²) in [5.74, 6) is 0.886. The molecule has 3 nitrogen and oxygen atoms in total. The molecular formula is C16H25NO2. The summed E-state index contributed by atoms with van der Waals surface area (Å²) in [5, 5.41) is 12.8. The number of aromatic hydroxyl groups is 1. The Morgan fingerprint density at radius 2 is 1.95 bits per heavy atom. The predicted molar refractivity (Wildman–Crippen MR) is 78.5 cm³/mol. The van der Waals surface area contributed by atoms with Crippen LogP contribution >= 0.6 is 0 Å². The zero-order chi connectivity index (χ0) is 14.0. The minimum absolute atomic E-state index is 0.146. The van der Waals surface area contributed by atoms with E-state index < -0.39 is 0 Å². The molecular weight excluding hydrogens is 238 g/mol. The molecule has 19 heavy (non-hydrogen) atoms. The molecule has 2 unspecified atom stereocenters. The summed E-state index contributed by atoms with van der Waals surface area (Å²) in [5.41, 5.74) is 1.20. The molecule has 0 saturated heterocycles. The quantitative estimate of drug-likeness (QED) is 0.797. The topological polar surface area (TPSA) is 41.5 Å². The minimum Gasteiger partial charge on any atom is -0.508 e. The van der Waals surface area contributed by atoms with Crippen molar-refractivity contribution in [1.29, 1.82) is 0 Å². The van der Waals surface area contributed by atoms with Gasteiger partial charge < -0.3 is 15.2 Å². The van der Waals surface area contributed by atoms with Crippen LogP contribution in [-0.4, -0.2) is 23.9 Å². The van der Waals surface area contributed by atoms with Gasteiger partial charge in [-0.15, -0.1) is 0 Å². The fourth-order valence-corrected chi connectivity index (χ4v) is 2.48. The first-order chi connectivity index (χ1) is 8.89. The number of rotatable bonds is 5. The third kappa shape index (κ3) is 3.21. The predicted octanol–water partition coefficient (Wildman–Crippen LogP) is 3.64. The van der Waals surface area contributed by atoms with Gasteiger partial charge in [0.05, 0.1) is 6.10 Å². The number of nitrogens with one attached hydrogen (secondary N) is 1. The summed E-state index contributed by atoms with van der Waals surface area (Å²) in [6, 6.07) is 7.66. The molecule has 106 valence electrons. The second-order valence-electron chi connectivity index (χ2n) is 6.52. The number of anilines is 1. The van der Waals surface area contributed by atoms with Crippen LogP contribution in [0.2, 0.25) is 0 Å². The van der Waals surface area contributed by atoms with Gasteiger partial charge in [0.25, 0.3) is 0 Å². The summed E-state index contributed by atoms with van der Waals surface area (Å²) in [4.78, 5) is 0. The Hall–Kier alpha value is -1.22. The molecule has 2 atom stereocenters. The van der Waals surface area contributed by atoms with Crippen LogP contribution in [0.25, 0.3) is 0 Å². The third-order valence-electron chi connectivity index (χ3n) is 4.02. The molecule has 0 amide bonds. The van der Waals surface area contributed by atoms with Crippen molar-refractivity contribution in [2.75, 3.05) is 11.9 Å². The molecule has 0 aliphatic heterocycles. The van der Waals surface area contributed by atoms with Crippen molar-refractivity contribution >= 4 is 5.69 Å². The van der Waals surface area contributed by atoms with Gasteiger partial charge in [-0.25, -0.2) is 0 Å². The van der Waals surface area contributed by atoms with Gasteiger partial charge in [0, 0.05) is 23.8 Å². The lowest BCUT2D eigenvalue weighted by molar-refractivity contribution is -0.108. The standard InChI is InChI=1S/C16H25NO2/c1-11(2)10-19-15-9-14(16(15,3)4)17-12-5-7-13(18)8-6-12/h5-8,11,14-15,17-18H,9-10H2,1-4H3. The molecule has 3 heteroatoms. The first-order valence-corrected chi connectivity index (χ1v) is 7.06. The molecule has 2 rings (SSSR count). The molecule has 0 bridgehead atoms. The number of hydrogen-bond donors (Lipinski definition) is 2. The van der Waals surface area contributed by atoms with Gasteiger partial charge in [0.15, 0.2) is 0 Å². The average Bonchev–Trinajstić information content (AvgIpc) is 2.34. The molecule has 1 saturated carbocycles. The lowest BCUT2D eigenvalue weighted by atomic mass is 9.64. The van der Waals surface area contributed by atoms with Gasteiger partial charge in [0.1, 0.15) is 5.75 Å². The second kappa shape index (κ2) is 5.41. The van der Waals surface area contributed by atoms with Crippen molar-refractivity contribution < 1.29 is 9.84 Å². The van der Waals surface area contributed by atoms with E-state index in [1.165, 1.54) is 0 Å². The monoisotopic (exact) mass is 263 g/mol. The maximum absolute atomic E-state index is 9.28. The van der Waals surface area contributed by atoms with Gasteiger partial charge in [-0.2, -0.15) is 0 Å². The highest BCUT2D eigenvalue weighted by molar-refractivity contribution is 5.47. The van der Waals surface area contributed by atoms with Crippen LogP contribution in [0.5, 0.6) is 5.75 Å². The zero-order valence-corrected chi connectivity index (χ0v) is 12.3. The van der Waals surface area contributed by atoms with Gasteiger partial charge in [0.2, 0.25) is 0 Å². The fraction of sp³-hybridized carbons (Fsp3) is 0.625. The lowest BCUT2D eigenvalue weighted by Crippen LogP contribution is -2.58. The van der Waals surface area contributed by atoms with Crippen molar-refractivity contribution in [2.45, 2.75) is 46.3 Å². The third-order valence-corrected chi connectivity index (χ3v) is 4.02. The second-order valence-corrected chi connectivity index (χ2v) is 6.52. The highest BCUT2D eigenvalue weighted by Crippen LogP contribution is 2.44. The van der Waals surface area contributed by atoms with Gasteiger partial charge in [-0.3, -0.25) is 0 Å². The Morgan fingerprint density at radius 3 is 2.47 bits per heavy atom. The molecule has 0 radical (unpaired) electrons. The van der Waals surface area contributed by atoms with E-state index in [2.05, 4.69) is 33.0 Å². The summed E-state index contributed by atoms with van der Waals surface area (Å²) < 4.78 is 5.96. The molecule has 1 fully saturated rings. The molecule has 0 aromatic heterocycles. The van der Waals surface area contributed by atoms with E-state index in [0.29, 0.717) is 23.8 Å². The Kier molecular flexibility index (Phi) is 4.04. The maximum atomic E-state index is 9.28. The van der Waals surface area contributed by atoms with E-state index >= 15 is 0 Å². The Balaban J connectivity index is 1.88. The number of phenolic OH excluding ortho intramolecular Hbond substituents is 1. The first kappa shape index (κ1) is 14.2. The van der Waals surface area contributed by atoms with Crippen LogP contribution in [0.1, 0.15) is 34.1 Å². The number of hydrogen-bond acceptors (Lipinski definition) is 3. The number of phenols is 1. The van der Waals surface area contributed by atoms with E-state index in [9.17, 15) is 5.11 Å². The van der Waals surface area contributed by atoms with Crippen LogP contribution < -0.4 is 5.32 Å². The van der Waals surface area contributed by atoms with E-state index in [-0.39, 0.29) is 5.41 Å². The van der Waals surface area contributed by atoms with E-state index in [1.807, 2.05) is 12.1 Å². The largest absolute Gasteiger partial charge is 0.508 e. The van der Waals surface area contributed by atoms with Crippen LogP contribution in [-0.2, 0) is 4.74 Å². The lowest BCUT2D eigenvalue weighted by Gasteiger charge is -2.52. The van der Waals surface area contributed by atoms with Gasteiger partial charge in [-0.1, -0.05) is 27.7 Å². The molecule has 1 aromatic rings. The highest BCUT2D eigenvalue weighted by atomic mass is 16.5. The van der Waals surface area contributed by atoms with Crippen LogP contribution in [0.15, 0.2) is 24.3 Å². The van der Waals surface area contributed by atoms with E-state index in [4.69, 9.17) is 4.74 Å². The van der Waals surface area contributed by atoms with Crippen molar-refractivity contribution in [3.8, 4) is 5.75 Å². The summed E-state index contributed by atoms with van der Waals surface area (Å²) in [7, 11) is 0. The molecule has 0 spiro atoms. The zero-order valence-electron chi connectivity index (χ0n) is 12.3. The SMILES string of the molecule is CC(C)COC1CC(Nc2ccc(O)cc2)C1(C)C. The van der Waals surface area contributed by atoms with Gasteiger partial charge in [-0.05, 0) is 36.6 Å².